The molecule has 0 saturated carbocycles. The number of anilines is 2. The Morgan fingerprint density at radius 1 is 1.24 bits per heavy atom. The maximum absolute atomic E-state index is 12.4. The minimum Gasteiger partial charge on any atom is -0.433 e. The number of imidazole rings is 1. The van der Waals surface area contributed by atoms with E-state index in [0.717, 1.165) is 0 Å². The van der Waals surface area contributed by atoms with Crippen LogP contribution >= 0.6 is 11.6 Å². The van der Waals surface area contributed by atoms with Crippen molar-refractivity contribution >= 4 is 34.3 Å². The first kappa shape index (κ1) is 13.5. The second-order valence-electron chi connectivity index (χ2n) is 3.94. The van der Waals surface area contributed by atoms with Gasteiger partial charge in [-0.2, -0.15) is 18.7 Å². The van der Waals surface area contributed by atoms with Crippen LogP contribution in [0, 0.1) is 0 Å². The number of benzene rings is 1. The number of halogens is 3. The van der Waals surface area contributed by atoms with Gasteiger partial charge in [0.1, 0.15) is 11.3 Å². The molecule has 3 aromatic rings. The van der Waals surface area contributed by atoms with Gasteiger partial charge in [-0.25, -0.2) is 4.98 Å². The Morgan fingerprint density at radius 2 is 2.05 bits per heavy atom. The van der Waals surface area contributed by atoms with Crippen LogP contribution in [0.2, 0.25) is 5.28 Å². The summed E-state index contributed by atoms with van der Waals surface area (Å²) in [7, 11) is 0. The Balaban J connectivity index is 2.01. The number of fused-ring (bicyclic) bond motifs is 1. The summed E-state index contributed by atoms with van der Waals surface area (Å²) in [5, 5.41) is 2.87. The zero-order valence-electron chi connectivity index (χ0n) is 10.3. The van der Waals surface area contributed by atoms with Crippen LogP contribution < -0.4 is 10.1 Å². The van der Waals surface area contributed by atoms with Crippen molar-refractivity contribution in [1.82, 2.24) is 19.9 Å². The van der Waals surface area contributed by atoms with E-state index in [2.05, 4.69) is 30.0 Å². The first-order chi connectivity index (χ1) is 10.1. The first-order valence-electron chi connectivity index (χ1n) is 5.81. The number of hydrogen-bond acceptors (Lipinski definition) is 5. The van der Waals surface area contributed by atoms with Gasteiger partial charge in [0.25, 0.3) is 0 Å². The number of nitrogens with zero attached hydrogens (tertiary/aromatic N) is 3. The number of aromatic amines is 1. The highest BCUT2D eigenvalue weighted by molar-refractivity contribution is 6.28. The van der Waals surface area contributed by atoms with Gasteiger partial charge in [0.05, 0.1) is 12.0 Å². The maximum atomic E-state index is 12.4. The van der Waals surface area contributed by atoms with Crippen molar-refractivity contribution in [3.8, 4) is 5.75 Å². The number of rotatable bonds is 4. The van der Waals surface area contributed by atoms with Crippen molar-refractivity contribution in [3.63, 3.8) is 0 Å². The van der Waals surface area contributed by atoms with Gasteiger partial charge in [-0.1, -0.05) is 12.1 Å². The van der Waals surface area contributed by atoms with Crippen molar-refractivity contribution in [3.05, 3.63) is 35.9 Å². The molecule has 0 aliphatic carbocycles. The first-order valence-corrected chi connectivity index (χ1v) is 6.19. The maximum Gasteiger partial charge on any atom is 0.387 e. The molecule has 0 fully saturated rings. The Kier molecular flexibility index (Phi) is 3.53. The summed E-state index contributed by atoms with van der Waals surface area (Å²) in [5.74, 6) is 0.308. The van der Waals surface area contributed by atoms with Gasteiger partial charge in [0, 0.05) is 0 Å². The third-order valence-electron chi connectivity index (χ3n) is 2.61. The summed E-state index contributed by atoms with van der Waals surface area (Å²) in [6.07, 6.45) is 1.43. The molecule has 2 heterocycles. The van der Waals surface area contributed by atoms with Crippen molar-refractivity contribution < 1.29 is 13.5 Å². The average molecular weight is 312 g/mol. The predicted molar refractivity (Wildman–Crippen MR) is 73.1 cm³/mol. The Labute approximate surface area is 122 Å². The molecule has 2 aromatic heterocycles. The van der Waals surface area contributed by atoms with E-state index >= 15 is 0 Å². The molecule has 6 nitrogen and oxygen atoms in total. The average Bonchev–Trinajstić information content (AvgIpc) is 2.88. The van der Waals surface area contributed by atoms with E-state index in [4.69, 9.17) is 11.6 Å². The molecule has 9 heteroatoms. The number of H-pyrrole nitrogens is 1. The van der Waals surface area contributed by atoms with Crippen LogP contribution in [0.25, 0.3) is 11.2 Å². The lowest BCUT2D eigenvalue weighted by Crippen LogP contribution is -2.05. The molecule has 3 rings (SSSR count). The van der Waals surface area contributed by atoms with Crippen molar-refractivity contribution in [2.45, 2.75) is 6.61 Å². The molecule has 1 aromatic carbocycles. The standard InChI is InChI=1S/C12H8ClF2N5O/c13-11-19-9-8(16-5-17-9)10(20-11)18-6-3-1-2-4-7(6)21-12(14)15/h1-5,12H,(H2,16,17,18,19,20). The smallest absolute Gasteiger partial charge is 0.387 e. The fourth-order valence-corrected chi connectivity index (χ4v) is 1.96. The van der Waals surface area contributed by atoms with Crippen LogP contribution in [0.4, 0.5) is 20.3 Å². The molecule has 0 aliphatic heterocycles. The van der Waals surface area contributed by atoms with E-state index < -0.39 is 6.61 Å². The highest BCUT2D eigenvalue weighted by atomic mass is 35.5. The van der Waals surface area contributed by atoms with Crippen LogP contribution in [0.1, 0.15) is 0 Å². The number of alkyl halides is 2. The molecule has 0 saturated heterocycles. The SMILES string of the molecule is FC(F)Oc1ccccc1Nc1nc(Cl)nc2nc[nH]c12. The van der Waals surface area contributed by atoms with Gasteiger partial charge in [-0.05, 0) is 23.7 Å². The number of para-hydroxylation sites is 2. The van der Waals surface area contributed by atoms with E-state index in [9.17, 15) is 8.78 Å². The summed E-state index contributed by atoms with van der Waals surface area (Å²) in [6.45, 7) is -2.92. The van der Waals surface area contributed by atoms with Crippen LogP contribution in [0.3, 0.4) is 0 Å². The summed E-state index contributed by atoms with van der Waals surface area (Å²) >= 11 is 5.80. The second-order valence-corrected chi connectivity index (χ2v) is 4.28. The Morgan fingerprint density at radius 3 is 2.86 bits per heavy atom. The highest BCUT2D eigenvalue weighted by Gasteiger charge is 2.13. The van der Waals surface area contributed by atoms with E-state index in [0.29, 0.717) is 22.7 Å². The van der Waals surface area contributed by atoms with Crippen LogP contribution in [0.5, 0.6) is 5.75 Å². The zero-order chi connectivity index (χ0) is 14.8. The van der Waals surface area contributed by atoms with Crippen molar-refractivity contribution in [2.75, 3.05) is 5.32 Å². The molecule has 0 atom stereocenters. The number of aromatic nitrogens is 4. The third kappa shape index (κ3) is 2.84. The molecule has 0 bridgehead atoms. The van der Waals surface area contributed by atoms with Gasteiger partial charge in [-0.3, -0.25) is 0 Å². The van der Waals surface area contributed by atoms with E-state index in [1.807, 2.05) is 0 Å². The molecule has 21 heavy (non-hydrogen) atoms. The largest absolute Gasteiger partial charge is 0.433 e. The predicted octanol–water partition coefficient (Wildman–Crippen LogP) is 3.35. The lowest BCUT2D eigenvalue weighted by molar-refractivity contribution is -0.0493. The molecule has 0 aliphatic rings. The topological polar surface area (TPSA) is 75.7 Å². The molecule has 2 N–H and O–H groups in total. The fraction of sp³-hybridized carbons (Fsp3) is 0.0833. The van der Waals surface area contributed by atoms with Gasteiger partial charge >= 0.3 is 6.61 Å². The molecular formula is C12H8ClF2N5O. The number of ether oxygens (including phenoxy) is 1. The van der Waals surface area contributed by atoms with Crippen LogP contribution in [0.15, 0.2) is 30.6 Å². The van der Waals surface area contributed by atoms with Gasteiger partial charge in [0.15, 0.2) is 11.5 Å². The second kappa shape index (κ2) is 5.49. The molecule has 0 radical (unpaired) electrons. The van der Waals surface area contributed by atoms with Crippen LogP contribution in [-0.4, -0.2) is 26.5 Å². The lowest BCUT2D eigenvalue weighted by atomic mass is 10.3. The molecule has 0 unspecified atom stereocenters. The monoisotopic (exact) mass is 311 g/mol. The number of nitrogens with one attached hydrogen (secondary N) is 2. The minimum atomic E-state index is -2.92. The molecule has 0 amide bonds. The van der Waals surface area contributed by atoms with E-state index in [1.54, 1.807) is 18.2 Å². The summed E-state index contributed by atoms with van der Waals surface area (Å²) in [5.41, 5.74) is 1.19. The summed E-state index contributed by atoms with van der Waals surface area (Å²) in [4.78, 5) is 14.8. The normalized spacial score (nSPS) is 11.0. The lowest BCUT2D eigenvalue weighted by Gasteiger charge is -2.12. The number of hydrogen-bond donors (Lipinski definition) is 2. The highest BCUT2D eigenvalue weighted by Crippen LogP contribution is 2.30. The molecule has 108 valence electrons. The van der Waals surface area contributed by atoms with Crippen molar-refractivity contribution in [1.29, 1.82) is 0 Å². The van der Waals surface area contributed by atoms with Gasteiger partial charge in [0.2, 0.25) is 5.28 Å². The van der Waals surface area contributed by atoms with Gasteiger partial charge < -0.3 is 15.0 Å². The molecule has 0 spiro atoms. The fourth-order valence-electron chi connectivity index (χ4n) is 1.79. The third-order valence-corrected chi connectivity index (χ3v) is 2.78. The Hall–Kier alpha value is -2.48. The quantitative estimate of drug-likeness (QED) is 0.723. The summed E-state index contributed by atoms with van der Waals surface area (Å²) in [6, 6.07) is 6.26. The zero-order valence-corrected chi connectivity index (χ0v) is 11.1. The van der Waals surface area contributed by atoms with Crippen molar-refractivity contribution in [2.24, 2.45) is 0 Å². The van der Waals surface area contributed by atoms with E-state index in [1.165, 1.54) is 12.4 Å². The Bertz CT molecular complexity index is 779. The molecular weight excluding hydrogens is 304 g/mol. The minimum absolute atomic E-state index is 0.00472. The van der Waals surface area contributed by atoms with E-state index in [-0.39, 0.29) is 11.0 Å². The summed E-state index contributed by atoms with van der Waals surface area (Å²) < 4.78 is 29.2. The van der Waals surface area contributed by atoms with Gasteiger partial charge in [-0.15, -0.1) is 0 Å². The van der Waals surface area contributed by atoms with Crippen LogP contribution in [-0.2, 0) is 0 Å².